The standard InChI is InChI=1S/C5H3ClN4S/c6-10-2-8-3-1-7-5(11)9-4(3)10/h1-2H,(H,7,9,11). The van der Waals surface area contributed by atoms with Crippen LogP contribution in [0.1, 0.15) is 0 Å². The quantitative estimate of drug-likeness (QED) is 0.495. The van der Waals surface area contributed by atoms with E-state index < -0.39 is 0 Å². The van der Waals surface area contributed by atoms with Crippen LogP contribution in [0.3, 0.4) is 0 Å². The molecule has 0 unspecified atom stereocenters. The number of aromatic nitrogens is 4. The Morgan fingerprint density at radius 1 is 1.45 bits per heavy atom. The lowest BCUT2D eigenvalue weighted by Crippen LogP contribution is -1.85. The molecule has 4 nitrogen and oxygen atoms in total. The van der Waals surface area contributed by atoms with Gasteiger partial charge in [-0.25, -0.2) is 19.0 Å². The molecule has 0 atom stereocenters. The molecule has 0 aliphatic carbocycles. The maximum Gasteiger partial charge on any atom is 0.186 e. The zero-order chi connectivity index (χ0) is 7.84. The molecule has 0 aliphatic rings. The summed E-state index contributed by atoms with van der Waals surface area (Å²) in [6.07, 6.45) is 3.04. The monoisotopic (exact) mass is 186 g/mol. The molecule has 0 amide bonds. The fourth-order valence-corrected chi connectivity index (χ4v) is 1.09. The van der Waals surface area contributed by atoms with Gasteiger partial charge in [-0.1, -0.05) is 0 Å². The number of thiol groups is 1. The van der Waals surface area contributed by atoms with Crippen molar-refractivity contribution in [1.29, 1.82) is 0 Å². The minimum absolute atomic E-state index is 0.389. The van der Waals surface area contributed by atoms with Crippen molar-refractivity contribution in [2.45, 2.75) is 5.16 Å². The van der Waals surface area contributed by atoms with Crippen molar-refractivity contribution in [3.8, 4) is 0 Å². The summed E-state index contributed by atoms with van der Waals surface area (Å²) in [6, 6.07) is 0. The molecule has 6 heteroatoms. The van der Waals surface area contributed by atoms with Gasteiger partial charge >= 0.3 is 0 Å². The Morgan fingerprint density at radius 2 is 2.27 bits per heavy atom. The molecule has 0 fully saturated rings. The summed E-state index contributed by atoms with van der Waals surface area (Å²) in [5, 5.41) is 0.389. The Balaban J connectivity index is 2.87. The number of hydrogen-bond donors (Lipinski definition) is 1. The van der Waals surface area contributed by atoms with Crippen molar-refractivity contribution in [2.24, 2.45) is 0 Å². The third kappa shape index (κ3) is 1.06. The van der Waals surface area contributed by atoms with Gasteiger partial charge < -0.3 is 0 Å². The molecule has 0 spiro atoms. The number of nitrogens with zero attached hydrogens (tertiary/aromatic N) is 4. The van der Waals surface area contributed by atoms with Gasteiger partial charge in [-0.3, -0.25) is 0 Å². The highest BCUT2D eigenvalue weighted by atomic mass is 35.5. The third-order valence-electron chi connectivity index (χ3n) is 1.24. The van der Waals surface area contributed by atoms with Gasteiger partial charge in [0.2, 0.25) is 0 Å². The lowest BCUT2D eigenvalue weighted by molar-refractivity contribution is 0.995. The van der Waals surface area contributed by atoms with Crippen molar-refractivity contribution < 1.29 is 0 Å². The Hall–Kier alpha value is -0.810. The minimum Gasteiger partial charge on any atom is -0.232 e. The van der Waals surface area contributed by atoms with Crippen LogP contribution in [0.2, 0.25) is 0 Å². The normalized spacial score (nSPS) is 10.7. The van der Waals surface area contributed by atoms with E-state index in [0.29, 0.717) is 16.3 Å². The average molecular weight is 187 g/mol. The first-order valence-electron chi connectivity index (χ1n) is 2.82. The maximum absolute atomic E-state index is 5.67. The topological polar surface area (TPSA) is 43.6 Å². The molecule has 0 aliphatic heterocycles. The minimum atomic E-state index is 0.389. The highest BCUT2D eigenvalue weighted by molar-refractivity contribution is 7.80. The molecule has 2 aromatic heterocycles. The van der Waals surface area contributed by atoms with Gasteiger partial charge in [0, 0.05) is 11.8 Å². The molecule has 0 aromatic carbocycles. The first kappa shape index (κ1) is 6.87. The van der Waals surface area contributed by atoms with Crippen LogP contribution >= 0.6 is 24.4 Å². The average Bonchev–Trinajstić information content (AvgIpc) is 2.33. The zero-order valence-electron chi connectivity index (χ0n) is 5.27. The molecular formula is C5H3ClN4S. The van der Waals surface area contributed by atoms with E-state index in [1.807, 2.05) is 0 Å². The van der Waals surface area contributed by atoms with Crippen LogP contribution in [-0.4, -0.2) is 19.0 Å². The first-order chi connectivity index (χ1) is 5.27. The molecule has 0 saturated heterocycles. The molecule has 2 aromatic rings. The number of halogens is 1. The second kappa shape index (κ2) is 2.35. The van der Waals surface area contributed by atoms with Gasteiger partial charge in [0.1, 0.15) is 11.8 Å². The Kier molecular flexibility index (Phi) is 1.47. The van der Waals surface area contributed by atoms with E-state index >= 15 is 0 Å². The molecule has 0 bridgehead atoms. The fourth-order valence-electron chi connectivity index (χ4n) is 0.773. The second-order valence-corrected chi connectivity index (χ2v) is 2.70. The van der Waals surface area contributed by atoms with E-state index in [1.54, 1.807) is 6.20 Å². The molecule has 11 heavy (non-hydrogen) atoms. The molecular weight excluding hydrogens is 184 g/mol. The summed E-state index contributed by atoms with van der Waals surface area (Å²) in [5.41, 5.74) is 1.24. The van der Waals surface area contributed by atoms with Crippen molar-refractivity contribution in [3.05, 3.63) is 12.5 Å². The summed E-state index contributed by atoms with van der Waals surface area (Å²) in [7, 11) is 0. The van der Waals surface area contributed by atoms with Gasteiger partial charge in [0.15, 0.2) is 10.8 Å². The SMILES string of the molecule is Sc1ncc2ncn(Cl)c2n1. The van der Waals surface area contributed by atoms with E-state index in [1.165, 1.54) is 10.4 Å². The third-order valence-corrected chi connectivity index (χ3v) is 1.70. The summed E-state index contributed by atoms with van der Waals surface area (Å²) >= 11 is 9.64. The predicted octanol–water partition coefficient (Wildman–Crippen LogP) is 1.12. The molecule has 2 rings (SSSR count). The van der Waals surface area contributed by atoms with E-state index in [2.05, 4.69) is 27.6 Å². The second-order valence-electron chi connectivity index (χ2n) is 1.93. The van der Waals surface area contributed by atoms with Crippen LogP contribution in [0.15, 0.2) is 17.7 Å². The Labute approximate surface area is 72.8 Å². The fraction of sp³-hybridized carbons (Fsp3) is 0. The molecule has 0 radical (unpaired) electrons. The molecule has 0 saturated carbocycles. The Bertz CT molecular complexity index is 398. The van der Waals surface area contributed by atoms with Crippen molar-refractivity contribution in [1.82, 2.24) is 19.0 Å². The largest absolute Gasteiger partial charge is 0.232 e. The first-order valence-corrected chi connectivity index (χ1v) is 3.61. The molecule has 0 N–H and O–H groups in total. The summed E-state index contributed by atoms with van der Waals surface area (Å²) in [5.74, 6) is 0. The smallest absolute Gasteiger partial charge is 0.186 e. The van der Waals surface area contributed by atoms with Crippen molar-refractivity contribution in [3.63, 3.8) is 0 Å². The van der Waals surface area contributed by atoms with Crippen molar-refractivity contribution >= 4 is 35.6 Å². The summed E-state index contributed by atoms with van der Waals surface area (Å²) < 4.78 is 1.30. The van der Waals surface area contributed by atoms with Gasteiger partial charge in [-0.2, -0.15) is 0 Å². The van der Waals surface area contributed by atoms with Gasteiger partial charge in [-0.15, -0.1) is 12.6 Å². The van der Waals surface area contributed by atoms with Gasteiger partial charge in [-0.05, 0) is 0 Å². The summed E-state index contributed by atoms with van der Waals surface area (Å²) in [4.78, 5) is 11.7. The highest BCUT2D eigenvalue weighted by Crippen LogP contribution is 2.10. The zero-order valence-corrected chi connectivity index (χ0v) is 6.92. The van der Waals surface area contributed by atoms with Crippen LogP contribution < -0.4 is 0 Å². The van der Waals surface area contributed by atoms with Crippen LogP contribution in [-0.2, 0) is 0 Å². The number of fused-ring (bicyclic) bond motifs is 1. The van der Waals surface area contributed by atoms with E-state index in [-0.39, 0.29) is 0 Å². The van der Waals surface area contributed by atoms with Crippen LogP contribution in [0.25, 0.3) is 11.2 Å². The predicted molar refractivity (Wildman–Crippen MR) is 43.8 cm³/mol. The number of imidazole rings is 1. The van der Waals surface area contributed by atoms with E-state index in [9.17, 15) is 0 Å². The molecule has 2 heterocycles. The van der Waals surface area contributed by atoms with Gasteiger partial charge in [0.25, 0.3) is 0 Å². The molecule has 56 valence electrons. The lowest BCUT2D eigenvalue weighted by atomic mass is 10.6. The van der Waals surface area contributed by atoms with Crippen LogP contribution in [0.4, 0.5) is 0 Å². The summed E-state index contributed by atoms with van der Waals surface area (Å²) in [6.45, 7) is 0. The maximum atomic E-state index is 5.67. The van der Waals surface area contributed by atoms with E-state index in [0.717, 1.165) is 0 Å². The van der Waals surface area contributed by atoms with Crippen LogP contribution in [0, 0.1) is 0 Å². The van der Waals surface area contributed by atoms with Gasteiger partial charge in [0.05, 0.1) is 6.20 Å². The van der Waals surface area contributed by atoms with Crippen LogP contribution in [0.5, 0.6) is 0 Å². The van der Waals surface area contributed by atoms with E-state index in [4.69, 9.17) is 11.8 Å². The highest BCUT2D eigenvalue weighted by Gasteiger charge is 2.01. The van der Waals surface area contributed by atoms with Crippen molar-refractivity contribution in [2.75, 3.05) is 0 Å². The Morgan fingerprint density at radius 3 is 3.09 bits per heavy atom. The number of rotatable bonds is 0. The number of hydrogen-bond acceptors (Lipinski definition) is 4. The lowest BCUT2D eigenvalue weighted by Gasteiger charge is -1.90.